The van der Waals surface area contributed by atoms with Gasteiger partial charge < -0.3 is 19.7 Å². The minimum Gasteiger partial charge on any atom is -0.493 e. The summed E-state index contributed by atoms with van der Waals surface area (Å²) in [7, 11) is 3.07. The largest absolute Gasteiger partial charge is 0.493 e. The Bertz CT molecular complexity index is 823. The van der Waals surface area contributed by atoms with E-state index >= 15 is 0 Å². The molecule has 0 unspecified atom stereocenters. The number of carbonyl (C=O) groups excluding carboxylic acids is 1. The third-order valence-corrected chi connectivity index (χ3v) is 5.15. The average molecular weight is 401 g/mol. The third-order valence-electron chi connectivity index (χ3n) is 5.15. The van der Waals surface area contributed by atoms with Gasteiger partial charge in [0.05, 0.1) is 25.5 Å². The molecule has 0 aromatic heterocycles. The number of nitrogens with zero attached hydrogens (tertiary/aromatic N) is 2. The van der Waals surface area contributed by atoms with E-state index in [1.54, 1.807) is 31.4 Å². The van der Waals surface area contributed by atoms with E-state index in [0.29, 0.717) is 29.3 Å². The zero-order valence-corrected chi connectivity index (χ0v) is 17.0. The van der Waals surface area contributed by atoms with Crippen LogP contribution in [-0.2, 0) is 0 Å². The van der Waals surface area contributed by atoms with Gasteiger partial charge in [0.2, 0.25) is 0 Å². The molecule has 0 atom stereocenters. The number of carbonyl (C=O) groups is 1. The fraction of sp³-hybridized carbons (Fsp3) is 0.409. The molecule has 1 N–H and O–H groups in total. The Hall–Kier alpha value is -2.80. The lowest BCUT2D eigenvalue weighted by Crippen LogP contribution is -2.47. The quantitative estimate of drug-likeness (QED) is 0.690. The van der Waals surface area contributed by atoms with Crippen molar-refractivity contribution in [2.24, 2.45) is 0 Å². The van der Waals surface area contributed by atoms with E-state index in [1.165, 1.54) is 13.2 Å². The molecule has 1 aliphatic heterocycles. The highest BCUT2D eigenvalue weighted by Crippen LogP contribution is 2.30. The highest BCUT2D eigenvalue weighted by atomic mass is 19.1. The summed E-state index contributed by atoms with van der Waals surface area (Å²) in [6, 6.07) is 12.2. The van der Waals surface area contributed by atoms with Gasteiger partial charge in [-0.25, -0.2) is 4.39 Å². The van der Waals surface area contributed by atoms with Crippen molar-refractivity contribution in [1.29, 1.82) is 0 Å². The third kappa shape index (κ3) is 5.17. The number of rotatable bonds is 8. The summed E-state index contributed by atoms with van der Waals surface area (Å²) in [4.78, 5) is 16.9. The van der Waals surface area contributed by atoms with Crippen LogP contribution >= 0.6 is 0 Å². The Labute approximate surface area is 171 Å². The number of benzene rings is 2. The molecule has 0 spiro atoms. The molecule has 29 heavy (non-hydrogen) atoms. The van der Waals surface area contributed by atoms with Gasteiger partial charge in [-0.3, -0.25) is 9.69 Å². The summed E-state index contributed by atoms with van der Waals surface area (Å²) < 4.78 is 24.5. The van der Waals surface area contributed by atoms with Gasteiger partial charge >= 0.3 is 0 Å². The van der Waals surface area contributed by atoms with Gasteiger partial charge in [-0.1, -0.05) is 18.2 Å². The summed E-state index contributed by atoms with van der Waals surface area (Å²) in [6.07, 6.45) is 0.845. The molecule has 156 valence electrons. The predicted molar refractivity (Wildman–Crippen MR) is 112 cm³/mol. The van der Waals surface area contributed by atoms with Crippen LogP contribution in [0.2, 0.25) is 0 Å². The van der Waals surface area contributed by atoms with Gasteiger partial charge in [0.15, 0.2) is 11.5 Å². The topological polar surface area (TPSA) is 54.0 Å². The summed E-state index contributed by atoms with van der Waals surface area (Å²) in [5, 5.41) is 2.95. The molecule has 1 heterocycles. The number of amides is 1. The lowest BCUT2D eigenvalue weighted by molar-refractivity contribution is 0.0947. The van der Waals surface area contributed by atoms with Crippen LogP contribution < -0.4 is 19.7 Å². The van der Waals surface area contributed by atoms with Crippen LogP contribution in [0.25, 0.3) is 0 Å². The average Bonchev–Trinajstić information content (AvgIpc) is 2.76. The molecule has 3 rings (SSSR count). The second kappa shape index (κ2) is 10.1. The molecule has 1 amide bonds. The molecule has 1 aliphatic rings. The smallest absolute Gasteiger partial charge is 0.255 e. The van der Waals surface area contributed by atoms with Crippen LogP contribution in [0.5, 0.6) is 11.5 Å². The molecule has 1 saturated heterocycles. The Balaban J connectivity index is 1.42. The fourth-order valence-electron chi connectivity index (χ4n) is 3.59. The van der Waals surface area contributed by atoms with Crippen molar-refractivity contribution >= 4 is 11.6 Å². The molecular formula is C22H28FN3O3. The van der Waals surface area contributed by atoms with Crippen LogP contribution in [0.3, 0.4) is 0 Å². The summed E-state index contributed by atoms with van der Waals surface area (Å²) in [5.74, 6) is 0.631. The highest BCUT2D eigenvalue weighted by molar-refractivity contribution is 5.97. The lowest BCUT2D eigenvalue weighted by Gasteiger charge is -2.36. The number of hydrogen-bond acceptors (Lipinski definition) is 5. The van der Waals surface area contributed by atoms with E-state index in [4.69, 9.17) is 9.47 Å². The normalized spacial score (nSPS) is 14.5. The predicted octanol–water partition coefficient (Wildman–Crippen LogP) is 2.79. The zero-order chi connectivity index (χ0) is 20.6. The number of piperazine rings is 1. The standard InChI is InChI=1S/C22H28FN3O3/c1-28-20-10-5-7-17(21(20)29-2)22(27)24-11-6-12-25-13-15-26(16-14-25)19-9-4-3-8-18(19)23/h3-5,7-10H,6,11-16H2,1-2H3,(H,24,27). The number of hydrogen-bond donors (Lipinski definition) is 1. The van der Waals surface area contributed by atoms with Crippen molar-refractivity contribution in [3.8, 4) is 11.5 Å². The molecular weight excluding hydrogens is 373 g/mol. The summed E-state index contributed by atoms with van der Waals surface area (Å²) in [5.41, 5.74) is 1.14. The Kier molecular flexibility index (Phi) is 7.30. The van der Waals surface area contributed by atoms with Gasteiger partial charge in [-0.2, -0.15) is 0 Å². The summed E-state index contributed by atoms with van der Waals surface area (Å²) >= 11 is 0. The van der Waals surface area contributed by atoms with E-state index in [9.17, 15) is 9.18 Å². The first-order chi connectivity index (χ1) is 14.1. The van der Waals surface area contributed by atoms with Gasteiger partial charge in [-0.15, -0.1) is 0 Å². The SMILES string of the molecule is COc1cccc(C(=O)NCCCN2CCN(c3ccccc3F)CC2)c1OC. The number of methoxy groups -OCH3 is 2. The maximum Gasteiger partial charge on any atom is 0.255 e. The van der Waals surface area contributed by atoms with Gasteiger partial charge in [-0.05, 0) is 37.2 Å². The van der Waals surface area contributed by atoms with E-state index < -0.39 is 0 Å². The minimum atomic E-state index is -0.176. The molecule has 0 saturated carbocycles. The molecule has 7 heteroatoms. The van der Waals surface area contributed by atoms with Gasteiger partial charge in [0.25, 0.3) is 5.91 Å². The van der Waals surface area contributed by atoms with Crippen molar-refractivity contribution < 1.29 is 18.7 Å². The first-order valence-electron chi connectivity index (χ1n) is 9.85. The van der Waals surface area contributed by atoms with Crippen LogP contribution in [0.1, 0.15) is 16.8 Å². The second-order valence-electron chi connectivity index (χ2n) is 6.93. The molecule has 0 aliphatic carbocycles. The van der Waals surface area contributed by atoms with Crippen molar-refractivity contribution in [1.82, 2.24) is 10.2 Å². The number of ether oxygens (including phenoxy) is 2. The van der Waals surface area contributed by atoms with Crippen molar-refractivity contribution in [2.45, 2.75) is 6.42 Å². The van der Waals surface area contributed by atoms with Gasteiger partial charge in [0.1, 0.15) is 5.82 Å². The molecule has 2 aromatic carbocycles. The van der Waals surface area contributed by atoms with Crippen molar-refractivity contribution in [2.75, 3.05) is 58.4 Å². The second-order valence-corrected chi connectivity index (χ2v) is 6.93. The molecule has 1 fully saturated rings. The van der Waals surface area contributed by atoms with E-state index in [-0.39, 0.29) is 11.7 Å². The molecule has 0 bridgehead atoms. The fourth-order valence-corrected chi connectivity index (χ4v) is 3.59. The Morgan fingerprint density at radius 2 is 1.79 bits per heavy atom. The molecule has 2 aromatic rings. The maximum atomic E-state index is 13.9. The Morgan fingerprint density at radius 3 is 2.48 bits per heavy atom. The van der Waals surface area contributed by atoms with Crippen molar-refractivity contribution in [3.63, 3.8) is 0 Å². The zero-order valence-electron chi connectivity index (χ0n) is 17.0. The number of para-hydroxylation sites is 2. The molecule has 6 nitrogen and oxygen atoms in total. The summed E-state index contributed by atoms with van der Waals surface area (Å²) in [6.45, 7) is 4.83. The number of halogens is 1. The van der Waals surface area contributed by atoms with Crippen LogP contribution in [0.4, 0.5) is 10.1 Å². The Morgan fingerprint density at radius 1 is 1.03 bits per heavy atom. The maximum absolute atomic E-state index is 13.9. The number of anilines is 1. The first kappa shape index (κ1) is 20.9. The first-order valence-corrected chi connectivity index (χ1v) is 9.85. The van der Waals surface area contributed by atoms with E-state index in [0.717, 1.165) is 39.1 Å². The molecule has 0 radical (unpaired) electrons. The van der Waals surface area contributed by atoms with Crippen LogP contribution in [0, 0.1) is 5.82 Å². The monoisotopic (exact) mass is 401 g/mol. The van der Waals surface area contributed by atoms with E-state index in [2.05, 4.69) is 15.1 Å². The van der Waals surface area contributed by atoms with Crippen molar-refractivity contribution in [3.05, 3.63) is 53.8 Å². The highest BCUT2D eigenvalue weighted by Gasteiger charge is 2.19. The lowest BCUT2D eigenvalue weighted by atomic mass is 10.1. The van der Waals surface area contributed by atoms with Crippen LogP contribution in [0.15, 0.2) is 42.5 Å². The van der Waals surface area contributed by atoms with Crippen LogP contribution in [-0.4, -0.2) is 64.3 Å². The number of nitrogens with one attached hydrogen (secondary N) is 1. The van der Waals surface area contributed by atoms with Gasteiger partial charge in [0, 0.05) is 32.7 Å². The van der Waals surface area contributed by atoms with E-state index in [1.807, 2.05) is 12.1 Å². The minimum absolute atomic E-state index is 0.170.